The lowest BCUT2D eigenvalue weighted by atomic mass is 9.78. The summed E-state index contributed by atoms with van der Waals surface area (Å²) in [6.07, 6.45) is 5.08. The van der Waals surface area contributed by atoms with Gasteiger partial charge in [0.2, 0.25) is 0 Å². The van der Waals surface area contributed by atoms with E-state index in [1.165, 1.54) is 6.42 Å². The highest BCUT2D eigenvalue weighted by atomic mass is 16.3. The minimum Gasteiger partial charge on any atom is -0.388 e. The van der Waals surface area contributed by atoms with Gasteiger partial charge in [0.1, 0.15) is 0 Å². The molecule has 1 saturated heterocycles. The number of aliphatic hydroxyl groups is 2. The number of nitrogens with zero attached hydrogens (tertiary/aromatic N) is 1. The molecule has 2 atom stereocenters. The van der Waals surface area contributed by atoms with Crippen molar-refractivity contribution in [1.29, 1.82) is 0 Å². The number of β-lactam (4-membered cyclic amide) rings is 1. The van der Waals surface area contributed by atoms with Gasteiger partial charge in [-0.3, -0.25) is 4.79 Å². The second kappa shape index (κ2) is 7.08. The van der Waals surface area contributed by atoms with Gasteiger partial charge in [-0.1, -0.05) is 56.2 Å². The van der Waals surface area contributed by atoms with E-state index in [2.05, 4.69) is 6.58 Å². The van der Waals surface area contributed by atoms with Crippen LogP contribution in [-0.4, -0.2) is 39.3 Å². The Hall–Kier alpha value is -1.65. The lowest BCUT2D eigenvalue weighted by Crippen LogP contribution is -2.66. The molecule has 1 heterocycles. The smallest absolute Gasteiger partial charge is 0.257 e. The first kappa shape index (κ1) is 17.2. The van der Waals surface area contributed by atoms with Gasteiger partial charge in [-0.15, -0.1) is 0 Å². The predicted octanol–water partition coefficient (Wildman–Crippen LogP) is 2.65. The maximum atomic E-state index is 12.4. The zero-order valence-electron chi connectivity index (χ0n) is 14.2. The molecule has 2 fully saturated rings. The van der Waals surface area contributed by atoms with Crippen molar-refractivity contribution in [1.82, 2.24) is 4.90 Å². The normalized spacial score (nSPS) is 26.1. The number of likely N-dealkylation sites (tertiary alicyclic amines) is 1. The van der Waals surface area contributed by atoms with E-state index < -0.39 is 11.7 Å². The van der Waals surface area contributed by atoms with Crippen LogP contribution in [0.4, 0.5) is 0 Å². The van der Waals surface area contributed by atoms with Gasteiger partial charge in [0, 0.05) is 13.0 Å². The molecule has 130 valence electrons. The van der Waals surface area contributed by atoms with Crippen LogP contribution in [0.3, 0.4) is 0 Å². The van der Waals surface area contributed by atoms with Gasteiger partial charge in [-0.05, 0) is 29.9 Å². The van der Waals surface area contributed by atoms with E-state index in [4.69, 9.17) is 0 Å². The molecular weight excluding hydrogens is 302 g/mol. The fourth-order valence-corrected chi connectivity index (χ4v) is 3.98. The van der Waals surface area contributed by atoms with Crippen LogP contribution in [0.2, 0.25) is 0 Å². The van der Waals surface area contributed by atoms with E-state index in [-0.39, 0.29) is 18.2 Å². The Morgan fingerprint density at radius 2 is 1.92 bits per heavy atom. The van der Waals surface area contributed by atoms with Gasteiger partial charge in [-0.25, -0.2) is 0 Å². The van der Waals surface area contributed by atoms with E-state index in [1.807, 2.05) is 30.3 Å². The van der Waals surface area contributed by atoms with Crippen molar-refractivity contribution in [3.63, 3.8) is 0 Å². The van der Waals surface area contributed by atoms with E-state index >= 15 is 0 Å². The number of rotatable bonds is 6. The van der Waals surface area contributed by atoms with Gasteiger partial charge in [0.05, 0.1) is 12.6 Å². The van der Waals surface area contributed by atoms with Crippen molar-refractivity contribution in [2.45, 2.75) is 56.8 Å². The molecule has 2 aliphatic rings. The second-order valence-electron chi connectivity index (χ2n) is 7.36. The standard InChI is InChI=1S/C20H27NO3/c1-15(18(22)17-10-6-3-7-11-17)12-20(24)14-21(19(20)23)13-16-8-4-2-5-9-16/h2,4-5,8-9,17-18,22,24H,1,3,6-7,10-14H2/t18-,20+/m1/s1. The average molecular weight is 329 g/mol. The largest absolute Gasteiger partial charge is 0.388 e. The summed E-state index contributed by atoms with van der Waals surface area (Å²) in [6, 6.07) is 9.75. The number of aliphatic hydroxyl groups excluding tert-OH is 1. The summed E-state index contributed by atoms with van der Waals surface area (Å²) in [5.41, 5.74) is 0.257. The first-order chi connectivity index (χ1) is 11.5. The third-order valence-corrected chi connectivity index (χ3v) is 5.39. The molecule has 0 aromatic heterocycles. The van der Waals surface area contributed by atoms with Crippen LogP contribution in [0, 0.1) is 5.92 Å². The molecule has 1 aliphatic carbocycles. The molecule has 4 nitrogen and oxygen atoms in total. The number of amides is 1. The van der Waals surface area contributed by atoms with Gasteiger partial charge in [0.25, 0.3) is 5.91 Å². The Bertz CT molecular complexity index is 594. The first-order valence-corrected chi connectivity index (χ1v) is 8.91. The molecule has 0 spiro atoms. The molecular formula is C20H27NO3. The Labute approximate surface area is 143 Å². The molecule has 0 radical (unpaired) electrons. The third kappa shape index (κ3) is 3.55. The zero-order chi connectivity index (χ0) is 17.2. The van der Waals surface area contributed by atoms with Gasteiger partial charge in [-0.2, -0.15) is 0 Å². The minimum atomic E-state index is -1.39. The monoisotopic (exact) mass is 329 g/mol. The summed E-state index contributed by atoms with van der Waals surface area (Å²) in [5, 5.41) is 21.1. The summed E-state index contributed by atoms with van der Waals surface area (Å²) in [4.78, 5) is 14.0. The molecule has 1 aromatic carbocycles. The van der Waals surface area contributed by atoms with Crippen LogP contribution in [0.5, 0.6) is 0 Å². The number of hydrogen-bond donors (Lipinski definition) is 2. The predicted molar refractivity (Wildman–Crippen MR) is 93.1 cm³/mol. The van der Waals surface area contributed by atoms with Gasteiger partial charge < -0.3 is 15.1 Å². The highest BCUT2D eigenvalue weighted by molar-refractivity contribution is 5.91. The second-order valence-corrected chi connectivity index (χ2v) is 7.36. The quantitative estimate of drug-likeness (QED) is 0.623. The Morgan fingerprint density at radius 3 is 2.54 bits per heavy atom. The summed E-state index contributed by atoms with van der Waals surface area (Å²) in [6.45, 7) is 4.78. The van der Waals surface area contributed by atoms with Crippen molar-refractivity contribution >= 4 is 5.91 Å². The molecule has 0 bridgehead atoms. The summed E-state index contributed by atoms with van der Waals surface area (Å²) in [7, 11) is 0. The molecule has 1 aromatic rings. The number of β-amino-alcohol motifs (C(OH)–C–C–N with tert-alkyl or cyclic N) is 1. The fraction of sp³-hybridized carbons (Fsp3) is 0.550. The number of carbonyl (C=O) groups is 1. The van der Waals surface area contributed by atoms with E-state index in [0.717, 1.165) is 31.2 Å². The summed E-state index contributed by atoms with van der Waals surface area (Å²) < 4.78 is 0. The molecule has 1 saturated carbocycles. The van der Waals surface area contributed by atoms with E-state index in [9.17, 15) is 15.0 Å². The fourth-order valence-electron chi connectivity index (χ4n) is 3.98. The lowest BCUT2D eigenvalue weighted by molar-refractivity contribution is -0.176. The molecule has 2 N–H and O–H groups in total. The summed E-state index contributed by atoms with van der Waals surface area (Å²) in [5.74, 6) is -0.0335. The summed E-state index contributed by atoms with van der Waals surface area (Å²) >= 11 is 0. The molecule has 1 aliphatic heterocycles. The molecule has 4 heteroatoms. The maximum absolute atomic E-state index is 12.4. The van der Waals surface area contributed by atoms with E-state index in [0.29, 0.717) is 18.7 Å². The van der Waals surface area contributed by atoms with Crippen molar-refractivity contribution < 1.29 is 15.0 Å². The SMILES string of the molecule is C=C(C[C@]1(O)CN(Cc2ccccc2)C1=O)[C@@H](O)C1CCCCC1. The minimum absolute atomic E-state index is 0.161. The van der Waals surface area contributed by atoms with Crippen molar-refractivity contribution in [2.24, 2.45) is 5.92 Å². The third-order valence-electron chi connectivity index (χ3n) is 5.39. The van der Waals surface area contributed by atoms with Crippen LogP contribution in [0.25, 0.3) is 0 Å². The lowest BCUT2D eigenvalue weighted by Gasteiger charge is -2.46. The van der Waals surface area contributed by atoms with E-state index in [1.54, 1.807) is 4.90 Å². The van der Waals surface area contributed by atoms with Crippen molar-refractivity contribution in [3.05, 3.63) is 48.0 Å². The average Bonchev–Trinajstić information content (AvgIpc) is 2.62. The molecule has 3 rings (SSSR count). The van der Waals surface area contributed by atoms with Crippen molar-refractivity contribution in [3.8, 4) is 0 Å². The Morgan fingerprint density at radius 1 is 1.25 bits per heavy atom. The van der Waals surface area contributed by atoms with Crippen molar-refractivity contribution in [2.75, 3.05) is 6.54 Å². The van der Waals surface area contributed by atoms with Crippen LogP contribution >= 0.6 is 0 Å². The highest BCUT2D eigenvalue weighted by Crippen LogP contribution is 2.35. The van der Waals surface area contributed by atoms with Gasteiger partial charge >= 0.3 is 0 Å². The van der Waals surface area contributed by atoms with Crippen LogP contribution in [-0.2, 0) is 11.3 Å². The van der Waals surface area contributed by atoms with Crippen LogP contribution < -0.4 is 0 Å². The number of benzene rings is 1. The highest BCUT2D eigenvalue weighted by Gasteiger charge is 2.51. The maximum Gasteiger partial charge on any atom is 0.257 e. The zero-order valence-corrected chi connectivity index (χ0v) is 14.2. The first-order valence-electron chi connectivity index (χ1n) is 8.91. The molecule has 0 unspecified atom stereocenters. The number of carbonyl (C=O) groups excluding carboxylic acids is 1. The number of hydrogen-bond acceptors (Lipinski definition) is 3. The molecule has 1 amide bonds. The Balaban J connectivity index is 1.53. The van der Waals surface area contributed by atoms with Crippen LogP contribution in [0.1, 0.15) is 44.1 Å². The Kier molecular flexibility index (Phi) is 5.07. The van der Waals surface area contributed by atoms with Gasteiger partial charge in [0.15, 0.2) is 5.60 Å². The molecule has 24 heavy (non-hydrogen) atoms. The topological polar surface area (TPSA) is 60.8 Å². The van der Waals surface area contributed by atoms with Crippen LogP contribution in [0.15, 0.2) is 42.5 Å².